The van der Waals surface area contributed by atoms with Gasteiger partial charge in [0.15, 0.2) is 4.80 Å². The Morgan fingerprint density at radius 3 is 2.51 bits per heavy atom. The maximum absolute atomic E-state index is 14.1. The lowest BCUT2D eigenvalue weighted by molar-refractivity contribution is -0.138. The van der Waals surface area contributed by atoms with Crippen molar-refractivity contribution in [2.75, 3.05) is 13.7 Å². The van der Waals surface area contributed by atoms with E-state index in [2.05, 4.69) is 0 Å². The molecule has 0 bridgehead atoms. The van der Waals surface area contributed by atoms with E-state index in [1.165, 1.54) is 15.9 Å². The summed E-state index contributed by atoms with van der Waals surface area (Å²) in [6.45, 7) is 1.91. The minimum Gasteiger partial charge on any atom is -0.497 e. The summed E-state index contributed by atoms with van der Waals surface area (Å²) in [6, 6.07) is 24.7. The van der Waals surface area contributed by atoms with Gasteiger partial charge in [-0.25, -0.2) is 9.79 Å². The number of furan rings is 1. The van der Waals surface area contributed by atoms with Crippen LogP contribution in [-0.4, -0.2) is 24.3 Å². The number of ether oxygens (including phenoxy) is 2. The predicted molar refractivity (Wildman–Crippen MR) is 168 cm³/mol. The van der Waals surface area contributed by atoms with Gasteiger partial charge in [-0.3, -0.25) is 9.36 Å². The smallest absolute Gasteiger partial charge is 0.338 e. The summed E-state index contributed by atoms with van der Waals surface area (Å²) in [5.41, 5.74) is 2.47. The van der Waals surface area contributed by atoms with E-state index < -0.39 is 12.0 Å². The molecule has 3 heterocycles. The monoisotopic (exact) mass is 630 g/mol. The molecule has 6 rings (SSSR count). The number of halogens is 2. The fourth-order valence-corrected chi connectivity index (χ4v) is 6.32. The van der Waals surface area contributed by atoms with Crippen LogP contribution in [0, 0.1) is 0 Å². The molecule has 0 N–H and O–H groups in total. The highest BCUT2D eigenvalue weighted by atomic mass is 35.5. The zero-order valence-corrected chi connectivity index (χ0v) is 25.4. The summed E-state index contributed by atoms with van der Waals surface area (Å²) >= 11 is 13.8. The lowest BCUT2D eigenvalue weighted by Crippen LogP contribution is -2.40. The SMILES string of the molecule is CCOC(=O)C1=C(c2ccccc2)N=c2s/c(=C\c3ccc(-c4cccc(Cl)c4Cl)o3)c(=O)n2[C@H]1c1ccc(OC)cc1. The van der Waals surface area contributed by atoms with Gasteiger partial charge >= 0.3 is 5.97 Å². The van der Waals surface area contributed by atoms with Crippen LogP contribution < -0.4 is 19.6 Å². The van der Waals surface area contributed by atoms with E-state index in [9.17, 15) is 9.59 Å². The third-order valence-electron chi connectivity index (χ3n) is 6.92. The normalized spacial score (nSPS) is 14.8. The Hall–Kier alpha value is -4.37. The molecule has 1 aliphatic heterocycles. The van der Waals surface area contributed by atoms with Crippen LogP contribution in [0.25, 0.3) is 23.1 Å². The van der Waals surface area contributed by atoms with Crippen LogP contribution in [0.4, 0.5) is 0 Å². The Labute approximate surface area is 260 Å². The van der Waals surface area contributed by atoms with Crippen molar-refractivity contribution in [2.45, 2.75) is 13.0 Å². The fourth-order valence-electron chi connectivity index (χ4n) is 4.94. The second kappa shape index (κ2) is 12.1. The molecule has 0 radical (unpaired) electrons. The Morgan fingerprint density at radius 1 is 1.02 bits per heavy atom. The standard InChI is InChI=1S/C33H24Cl2N2O5S/c1-3-41-32(39)27-29(19-8-5-4-6-9-19)36-33-37(30(27)20-12-14-21(40-2)15-13-20)31(38)26(43-33)18-22-16-17-25(42-22)23-10-7-11-24(34)28(23)35/h4-18,30H,3H2,1-2H3/b26-18-/t30-/m0/s1. The van der Waals surface area contributed by atoms with Gasteiger partial charge in [0.1, 0.15) is 17.3 Å². The molecule has 3 aromatic carbocycles. The van der Waals surface area contributed by atoms with Crippen molar-refractivity contribution in [3.8, 4) is 17.1 Å². The van der Waals surface area contributed by atoms with E-state index >= 15 is 0 Å². The summed E-state index contributed by atoms with van der Waals surface area (Å²) < 4.78 is 18.8. The maximum Gasteiger partial charge on any atom is 0.338 e. The molecule has 0 saturated heterocycles. The third-order valence-corrected chi connectivity index (χ3v) is 8.72. The highest BCUT2D eigenvalue weighted by molar-refractivity contribution is 7.07. The molecule has 1 aliphatic rings. The van der Waals surface area contributed by atoms with Gasteiger partial charge in [0, 0.05) is 17.2 Å². The molecule has 5 aromatic rings. The number of carbonyl (C=O) groups is 1. The first-order chi connectivity index (χ1) is 20.9. The zero-order chi connectivity index (χ0) is 30.1. The molecule has 0 amide bonds. The van der Waals surface area contributed by atoms with E-state index in [-0.39, 0.29) is 17.7 Å². The molecule has 0 aliphatic carbocycles. The van der Waals surface area contributed by atoms with Gasteiger partial charge in [-0.2, -0.15) is 0 Å². The second-order valence-corrected chi connectivity index (χ2v) is 11.3. The van der Waals surface area contributed by atoms with Crippen molar-refractivity contribution in [2.24, 2.45) is 4.99 Å². The molecule has 0 unspecified atom stereocenters. The summed E-state index contributed by atoms with van der Waals surface area (Å²) in [7, 11) is 1.58. The number of fused-ring (bicyclic) bond motifs is 1. The molecule has 7 nitrogen and oxygen atoms in total. The van der Waals surface area contributed by atoms with E-state index in [0.717, 1.165) is 5.56 Å². The average molecular weight is 632 g/mol. The number of rotatable bonds is 7. The van der Waals surface area contributed by atoms with E-state index in [0.29, 0.717) is 53.5 Å². The van der Waals surface area contributed by atoms with Gasteiger partial charge in [0.2, 0.25) is 0 Å². The summed E-state index contributed by atoms with van der Waals surface area (Å²) in [5.74, 6) is 1.06. The minimum absolute atomic E-state index is 0.168. The van der Waals surface area contributed by atoms with Crippen molar-refractivity contribution in [3.05, 3.63) is 137 Å². The lowest BCUT2D eigenvalue weighted by Gasteiger charge is -2.26. The predicted octanol–water partition coefficient (Wildman–Crippen LogP) is 6.51. The van der Waals surface area contributed by atoms with Crippen LogP contribution in [-0.2, 0) is 9.53 Å². The number of methoxy groups -OCH3 is 1. The topological polar surface area (TPSA) is 83.0 Å². The van der Waals surface area contributed by atoms with Crippen molar-refractivity contribution >= 4 is 52.3 Å². The van der Waals surface area contributed by atoms with Gasteiger partial charge in [-0.1, -0.05) is 83.1 Å². The molecule has 10 heteroatoms. The van der Waals surface area contributed by atoms with E-state index in [4.69, 9.17) is 42.1 Å². The Bertz CT molecular complexity index is 2040. The number of hydrogen-bond acceptors (Lipinski definition) is 7. The zero-order valence-electron chi connectivity index (χ0n) is 23.0. The molecule has 2 aromatic heterocycles. The molecule has 216 valence electrons. The number of esters is 1. The molecule has 1 atom stereocenters. The first-order valence-electron chi connectivity index (χ1n) is 13.4. The van der Waals surface area contributed by atoms with Crippen molar-refractivity contribution in [1.82, 2.24) is 4.57 Å². The maximum atomic E-state index is 14.1. The summed E-state index contributed by atoms with van der Waals surface area (Å²) in [5, 5.41) is 0.791. The van der Waals surface area contributed by atoms with Crippen LogP contribution in [0.1, 0.15) is 29.9 Å². The Morgan fingerprint density at radius 2 is 1.79 bits per heavy atom. The highest BCUT2D eigenvalue weighted by Crippen LogP contribution is 2.36. The molecular weight excluding hydrogens is 607 g/mol. The number of hydrogen-bond donors (Lipinski definition) is 0. The Kier molecular flexibility index (Phi) is 8.08. The van der Waals surface area contributed by atoms with Gasteiger partial charge in [-0.15, -0.1) is 0 Å². The number of thiazole rings is 1. The number of aromatic nitrogens is 1. The van der Waals surface area contributed by atoms with Crippen LogP contribution in [0.15, 0.2) is 105 Å². The average Bonchev–Trinajstić information content (AvgIpc) is 3.62. The van der Waals surface area contributed by atoms with E-state index in [1.807, 2.05) is 48.5 Å². The lowest BCUT2D eigenvalue weighted by atomic mass is 9.93. The first-order valence-corrected chi connectivity index (χ1v) is 14.9. The molecule has 0 spiro atoms. The summed E-state index contributed by atoms with van der Waals surface area (Å²) in [6.07, 6.45) is 1.66. The number of carbonyl (C=O) groups excluding carboxylic acids is 1. The highest BCUT2D eigenvalue weighted by Gasteiger charge is 2.35. The number of benzene rings is 3. The van der Waals surface area contributed by atoms with E-state index in [1.54, 1.807) is 56.5 Å². The molecular formula is C33H24Cl2N2O5S. The largest absolute Gasteiger partial charge is 0.497 e. The summed E-state index contributed by atoms with van der Waals surface area (Å²) in [4.78, 5) is 32.9. The fraction of sp³-hybridized carbons (Fsp3) is 0.121. The van der Waals surface area contributed by atoms with Crippen LogP contribution in [0.2, 0.25) is 10.0 Å². The van der Waals surface area contributed by atoms with Gasteiger partial charge in [0.25, 0.3) is 5.56 Å². The third kappa shape index (κ3) is 5.45. The van der Waals surface area contributed by atoms with Crippen LogP contribution in [0.5, 0.6) is 5.75 Å². The Balaban J connectivity index is 1.56. The van der Waals surface area contributed by atoms with Gasteiger partial charge in [-0.05, 0) is 48.9 Å². The molecule has 0 saturated carbocycles. The molecule has 43 heavy (non-hydrogen) atoms. The molecule has 0 fully saturated rings. The van der Waals surface area contributed by atoms with Gasteiger partial charge in [0.05, 0.1) is 45.6 Å². The number of nitrogens with zero attached hydrogens (tertiary/aromatic N) is 2. The van der Waals surface area contributed by atoms with Crippen LogP contribution >= 0.6 is 34.5 Å². The second-order valence-electron chi connectivity index (χ2n) is 9.51. The first kappa shape index (κ1) is 28.7. The van der Waals surface area contributed by atoms with Crippen molar-refractivity contribution in [1.29, 1.82) is 0 Å². The van der Waals surface area contributed by atoms with Gasteiger partial charge < -0.3 is 13.9 Å². The van der Waals surface area contributed by atoms with Crippen molar-refractivity contribution < 1.29 is 18.7 Å². The van der Waals surface area contributed by atoms with Crippen molar-refractivity contribution in [3.63, 3.8) is 0 Å². The minimum atomic E-state index is -0.795. The van der Waals surface area contributed by atoms with Crippen LogP contribution in [0.3, 0.4) is 0 Å². The quantitative estimate of drug-likeness (QED) is 0.191.